The smallest absolute Gasteiger partial charge is 0.246 e. The van der Waals surface area contributed by atoms with E-state index >= 15 is 0 Å². The van der Waals surface area contributed by atoms with Gasteiger partial charge in [-0.1, -0.05) is 0 Å². The molecule has 1 aromatic carbocycles. The minimum atomic E-state index is -4.17. The number of rotatable bonds is 2. The maximum atomic E-state index is 13.6. The van der Waals surface area contributed by atoms with Crippen molar-refractivity contribution in [1.29, 1.82) is 0 Å². The highest BCUT2D eigenvalue weighted by atomic mass is 35.5. The van der Waals surface area contributed by atoms with Gasteiger partial charge >= 0.3 is 0 Å². The maximum absolute atomic E-state index is 13.6. The third kappa shape index (κ3) is 3.08. The van der Waals surface area contributed by atoms with E-state index in [1.165, 1.54) is 0 Å². The quantitative estimate of drug-likeness (QED) is 0.836. The predicted octanol–water partition coefficient (Wildman–Crippen LogP) is 1.51. The van der Waals surface area contributed by atoms with E-state index in [1.54, 1.807) is 6.92 Å². The zero-order valence-electron chi connectivity index (χ0n) is 10.6. The lowest BCUT2D eigenvalue weighted by Gasteiger charge is -2.32. The Labute approximate surface area is 121 Å². The summed E-state index contributed by atoms with van der Waals surface area (Å²) in [5, 5.41) is 2.99. The molecule has 1 saturated heterocycles. The molecule has 0 radical (unpaired) electrons. The van der Waals surface area contributed by atoms with E-state index < -0.39 is 32.4 Å². The molecule has 0 amide bonds. The van der Waals surface area contributed by atoms with Gasteiger partial charge in [0, 0.05) is 31.7 Å². The molecular formula is C11H14ClF3N2O2S. The molecule has 1 heterocycles. The van der Waals surface area contributed by atoms with Crippen molar-refractivity contribution in [2.24, 2.45) is 0 Å². The van der Waals surface area contributed by atoms with Gasteiger partial charge in [0.05, 0.1) is 0 Å². The van der Waals surface area contributed by atoms with Crippen LogP contribution < -0.4 is 5.32 Å². The fourth-order valence-electron chi connectivity index (χ4n) is 2.01. The van der Waals surface area contributed by atoms with Crippen LogP contribution in [0.3, 0.4) is 0 Å². The summed E-state index contributed by atoms with van der Waals surface area (Å²) in [5.41, 5.74) is 0. The monoisotopic (exact) mass is 330 g/mol. The summed E-state index contributed by atoms with van der Waals surface area (Å²) in [6.45, 7) is 2.66. The van der Waals surface area contributed by atoms with Crippen molar-refractivity contribution in [1.82, 2.24) is 9.62 Å². The minimum Gasteiger partial charge on any atom is -0.314 e. The van der Waals surface area contributed by atoms with Crippen LogP contribution in [-0.4, -0.2) is 38.4 Å². The van der Waals surface area contributed by atoms with Crippen molar-refractivity contribution in [2.75, 3.05) is 19.6 Å². The molecule has 0 saturated carbocycles. The fraction of sp³-hybridized carbons (Fsp3) is 0.455. The van der Waals surface area contributed by atoms with Crippen LogP contribution in [0.15, 0.2) is 17.0 Å². The SMILES string of the molecule is CC1CNCCN1S(=O)(=O)c1cc(F)c(F)cc1F.Cl. The molecule has 1 N–H and O–H groups in total. The van der Waals surface area contributed by atoms with E-state index in [-0.39, 0.29) is 31.1 Å². The highest BCUT2D eigenvalue weighted by Crippen LogP contribution is 2.24. The van der Waals surface area contributed by atoms with E-state index in [1.807, 2.05) is 0 Å². The van der Waals surface area contributed by atoms with Crippen molar-refractivity contribution >= 4 is 22.4 Å². The van der Waals surface area contributed by atoms with Crippen LogP contribution >= 0.6 is 12.4 Å². The van der Waals surface area contributed by atoms with Gasteiger partial charge in [-0.25, -0.2) is 21.6 Å². The van der Waals surface area contributed by atoms with Gasteiger partial charge in [-0.2, -0.15) is 4.31 Å². The number of hydrogen-bond acceptors (Lipinski definition) is 3. The molecule has 0 spiro atoms. The van der Waals surface area contributed by atoms with Crippen molar-refractivity contribution in [3.05, 3.63) is 29.6 Å². The summed E-state index contributed by atoms with van der Waals surface area (Å²) in [6.07, 6.45) is 0. The molecule has 0 bridgehead atoms. The van der Waals surface area contributed by atoms with Crippen LogP contribution in [0, 0.1) is 17.5 Å². The largest absolute Gasteiger partial charge is 0.314 e. The van der Waals surface area contributed by atoms with Gasteiger partial charge in [0.1, 0.15) is 10.7 Å². The summed E-state index contributed by atoms with van der Waals surface area (Å²) in [7, 11) is -4.17. The Bertz CT molecular complexity index is 598. The molecule has 4 nitrogen and oxygen atoms in total. The van der Waals surface area contributed by atoms with E-state index in [0.717, 1.165) is 4.31 Å². The zero-order chi connectivity index (χ0) is 14.2. The molecule has 2 rings (SSSR count). The van der Waals surface area contributed by atoms with Crippen LogP contribution in [-0.2, 0) is 10.0 Å². The summed E-state index contributed by atoms with van der Waals surface area (Å²) in [6, 6.07) is 0.246. The van der Waals surface area contributed by atoms with Crippen molar-refractivity contribution in [2.45, 2.75) is 17.9 Å². The Morgan fingerprint density at radius 3 is 2.40 bits per heavy atom. The second-order valence-corrected chi connectivity index (χ2v) is 6.22. The third-order valence-corrected chi connectivity index (χ3v) is 5.03. The first-order chi connectivity index (χ1) is 8.84. The first-order valence-corrected chi connectivity index (χ1v) is 7.15. The Hall–Kier alpha value is -0.830. The third-order valence-electron chi connectivity index (χ3n) is 3.00. The van der Waals surface area contributed by atoms with Gasteiger partial charge in [-0.15, -0.1) is 12.4 Å². The van der Waals surface area contributed by atoms with Gasteiger partial charge < -0.3 is 5.32 Å². The lowest BCUT2D eigenvalue weighted by molar-refractivity contribution is 0.282. The number of nitrogens with one attached hydrogen (secondary N) is 1. The van der Waals surface area contributed by atoms with Crippen LogP contribution in [0.4, 0.5) is 13.2 Å². The van der Waals surface area contributed by atoms with Crippen LogP contribution in [0.1, 0.15) is 6.92 Å². The van der Waals surface area contributed by atoms with E-state index in [2.05, 4.69) is 5.32 Å². The maximum Gasteiger partial charge on any atom is 0.246 e. The van der Waals surface area contributed by atoms with Crippen LogP contribution in [0.25, 0.3) is 0 Å². The zero-order valence-corrected chi connectivity index (χ0v) is 12.2. The first kappa shape index (κ1) is 17.2. The van der Waals surface area contributed by atoms with Crippen molar-refractivity contribution in [3.8, 4) is 0 Å². The molecule has 1 fully saturated rings. The molecule has 9 heteroatoms. The Kier molecular flexibility index (Phi) is 5.42. The number of halogens is 4. The molecule has 1 unspecified atom stereocenters. The van der Waals surface area contributed by atoms with Gasteiger partial charge in [-0.3, -0.25) is 0 Å². The molecule has 1 aliphatic rings. The molecule has 1 aliphatic heterocycles. The highest BCUT2D eigenvalue weighted by molar-refractivity contribution is 7.89. The molecule has 1 atom stereocenters. The second kappa shape index (κ2) is 6.30. The fourth-order valence-corrected chi connectivity index (χ4v) is 3.70. The van der Waals surface area contributed by atoms with Gasteiger partial charge in [0.15, 0.2) is 11.6 Å². The summed E-state index contributed by atoms with van der Waals surface area (Å²) in [4.78, 5) is -0.833. The summed E-state index contributed by atoms with van der Waals surface area (Å²) in [5.74, 6) is -4.09. The topological polar surface area (TPSA) is 49.4 Å². The van der Waals surface area contributed by atoms with Gasteiger partial charge in [0.25, 0.3) is 0 Å². The van der Waals surface area contributed by atoms with E-state index in [4.69, 9.17) is 0 Å². The lowest BCUT2D eigenvalue weighted by atomic mass is 10.3. The number of nitrogens with zero attached hydrogens (tertiary/aromatic N) is 1. The van der Waals surface area contributed by atoms with E-state index in [0.29, 0.717) is 19.2 Å². The van der Waals surface area contributed by atoms with Crippen molar-refractivity contribution < 1.29 is 21.6 Å². The van der Waals surface area contributed by atoms with Gasteiger partial charge in [-0.05, 0) is 13.0 Å². The number of piperazine rings is 1. The summed E-state index contributed by atoms with van der Waals surface area (Å²) >= 11 is 0. The Morgan fingerprint density at radius 2 is 1.80 bits per heavy atom. The van der Waals surface area contributed by atoms with E-state index in [9.17, 15) is 21.6 Å². The average Bonchev–Trinajstić information content (AvgIpc) is 2.34. The van der Waals surface area contributed by atoms with Crippen LogP contribution in [0.2, 0.25) is 0 Å². The number of hydrogen-bond donors (Lipinski definition) is 1. The normalized spacial score (nSPS) is 20.5. The van der Waals surface area contributed by atoms with Gasteiger partial charge in [0.2, 0.25) is 10.0 Å². The first-order valence-electron chi connectivity index (χ1n) is 5.71. The molecule has 20 heavy (non-hydrogen) atoms. The molecule has 1 aromatic rings. The molecule has 0 aromatic heterocycles. The lowest BCUT2D eigenvalue weighted by Crippen LogP contribution is -2.52. The minimum absolute atomic E-state index is 0. The van der Waals surface area contributed by atoms with Crippen LogP contribution in [0.5, 0.6) is 0 Å². The molecular weight excluding hydrogens is 317 g/mol. The molecule has 114 valence electrons. The van der Waals surface area contributed by atoms with Crippen molar-refractivity contribution in [3.63, 3.8) is 0 Å². The number of benzene rings is 1. The Morgan fingerprint density at radius 1 is 1.20 bits per heavy atom. The Balaban J connectivity index is 0.00000200. The molecule has 0 aliphatic carbocycles. The number of sulfonamides is 1. The standard InChI is InChI=1S/C11H13F3N2O2S.ClH/c1-7-6-15-2-3-16(7)19(17,18)11-5-9(13)8(12)4-10(11)14;/h4-5,7,15H,2-3,6H2,1H3;1H. The average molecular weight is 331 g/mol. The summed E-state index contributed by atoms with van der Waals surface area (Å²) < 4.78 is 65.1. The highest BCUT2D eigenvalue weighted by Gasteiger charge is 2.33. The predicted molar refractivity (Wildman–Crippen MR) is 69.8 cm³/mol. The second-order valence-electron chi connectivity index (χ2n) is 4.37.